The molecule has 1 atom stereocenters. The molecule has 0 bridgehead atoms. The molecule has 0 saturated carbocycles. The van der Waals surface area contributed by atoms with Crippen molar-refractivity contribution in [2.75, 3.05) is 31.5 Å². The van der Waals surface area contributed by atoms with Crippen LogP contribution in [0.2, 0.25) is 0 Å². The fraction of sp³-hybridized carbons (Fsp3) is 0.429. The lowest BCUT2D eigenvalue weighted by molar-refractivity contribution is 0.210. The summed E-state index contributed by atoms with van der Waals surface area (Å²) < 4.78 is 6.19. The first kappa shape index (κ1) is 15.5. The molecule has 1 fully saturated rings. The van der Waals surface area contributed by atoms with Crippen LogP contribution in [0.25, 0.3) is 0 Å². The van der Waals surface area contributed by atoms with Gasteiger partial charge in [0.05, 0.1) is 12.2 Å². The summed E-state index contributed by atoms with van der Waals surface area (Å²) in [5, 5.41) is 3.55. The van der Waals surface area contributed by atoms with Crippen LogP contribution in [0.1, 0.15) is 36.5 Å². The van der Waals surface area contributed by atoms with Crippen LogP contribution in [0.5, 0.6) is 5.75 Å². The zero-order chi connectivity index (χ0) is 16.2. The number of nitrogens with one attached hydrogen (secondary N) is 1. The molecule has 2 heterocycles. The lowest BCUT2D eigenvalue weighted by Gasteiger charge is -2.29. The Labute approximate surface area is 144 Å². The van der Waals surface area contributed by atoms with Crippen molar-refractivity contribution in [2.24, 2.45) is 0 Å². The van der Waals surface area contributed by atoms with Gasteiger partial charge in [-0.3, -0.25) is 0 Å². The lowest BCUT2D eigenvalue weighted by Crippen LogP contribution is -2.31. The molecule has 4 rings (SSSR count). The Balaban J connectivity index is 1.39. The largest absolute Gasteiger partial charge is 0.482 e. The molecular weight excluding hydrogens is 296 g/mol. The first-order valence-electron chi connectivity index (χ1n) is 9.19. The van der Waals surface area contributed by atoms with Crippen LogP contribution in [0.15, 0.2) is 48.5 Å². The van der Waals surface area contributed by atoms with Gasteiger partial charge in [0.15, 0.2) is 0 Å². The van der Waals surface area contributed by atoms with Gasteiger partial charge in [0.25, 0.3) is 0 Å². The Bertz CT molecular complexity index is 665. The Morgan fingerprint density at radius 2 is 1.83 bits per heavy atom. The highest BCUT2D eigenvalue weighted by atomic mass is 16.5. The maximum Gasteiger partial charge on any atom is 0.143 e. The summed E-state index contributed by atoms with van der Waals surface area (Å²) in [5.74, 6) is 0.969. The normalized spacial score (nSPS) is 20.8. The van der Waals surface area contributed by atoms with Gasteiger partial charge in [0, 0.05) is 6.54 Å². The number of piperidine rings is 1. The van der Waals surface area contributed by atoms with Gasteiger partial charge in [-0.1, -0.05) is 42.8 Å². The second-order valence-corrected chi connectivity index (χ2v) is 6.88. The number of rotatable bonds is 4. The van der Waals surface area contributed by atoms with Crippen molar-refractivity contribution >= 4 is 5.69 Å². The summed E-state index contributed by atoms with van der Waals surface area (Å²) in [6, 6.07) is 17.0. The Morgan fingerprint density at radius 1 is 1.00 bits per heavy atom. The zero-order valence-electron chi connectivity index (χ0n) is 14.2. The van der Waals surface area contributed by atoms with Gasteiger partial charge in [0.2, 0.25) is 0 Å². The maximum atomic E-state index is 6.19. The number of fused-ring (bicyclic) bond motifs is 1. The number of benzene rings is 2. The number of hydrogen-bond acceptors (Lipinski definition) is 3. The van der Waals surface area contributed by atoms with Crippen LogP contribution in [-0.4, -0.2) is 31.1 Å². The molecule has 0 radical (unpaired) electrons. The quantitative estimate of drug-likeness (QED) is 0.910. The molecule has 0 amide bonds. The number of anilines is 1. The van der Waals surface area contributed by atoms with Crippen molar-refractivity contribution < 1.29 is 4.74 Å². The summed E-state index contributed by atoms with van der Waals surface area (Å²) in [5.41, 5.74) is 3.76. The van der Waals surface area contributed by atoms with Crippen LogP contribution in [-0.2, 0) is 6.42 Å². The smallest absolute Gasteiger partial charge is 0.143 e. The highest BCUT2D eigenvalue weighted by Crippen LogP contribution is 2.34. The average Bonchev–Trinajstić information content (AvgIpc) is 2.67. The molecule has 0 spiro atoms. The van der Waals surface area contributed by atoms with Crippen molar-refractivity contribution in [1.82, 2.24) is 4.90 Å². The minimum absolute atomic E-state index is 0.0953. The SMILES string of the molecule is c1ccc(C2CNc3cc(CCN4CCCCC4)ccc3O2)cc1. The molecule has 0 aromatic heterocycles. The Kier molecular flexibility index (Phi) is 4.70. The molecule has 24 heavy (non-hydrogen) atoms. The van der Waals surface area contributed by atoms with E-state index in [1.54, 1.807) is 0 Å². The highest BCUT2D eigenvalue weighted by Gasteiger charge is 2.21. The van der Waals surface area contributed by atoms with Crippen molar-refractivity contribution in [3.63, 3.8) is 0 Å². The monoisotopic (exact) mass is 322 g/mol. The zero-order valence-corrected chi connectivity index (χ0v) is 14.2. The number of nitrogens with zero attached hydrogens (tertiary/aromatic N) is 1. The van der Waals surface area contributed by atoms with E-state index in [4.69, 9.17) is 4.74 Å². The lowest BCUT2D eigenvalue weighted by atomic mass is 10.1. The topological polar surface area (TPSA) is 24.5 Å². The van der Waals surface area contributed by atoms with Crippen LogP contribution in [0.3, 0.4) is 0 Å². The molecule has 2 aromatic rings. The van der Waals surface area contributed by atoms with Crippen LogP contribution < -0.4 is 10.1 Å². The minimum Gasteiger partial charge on any atom is -0.482 e. The van der Waals surface area contributed by atoms with Crippen LogP contribution >= 0.6 is 0 Å². The molecule has 2 aliphatic heterocycles. The average molecular weight is 322 g/mol. The molecule has 1 N–H and O–H groups in total. The van der Waals surface area contributed by atoms with Gasteiger partial charge in [-0.2, -0.15) is 0 Å². The van der Waals surface area contributed by atoms with Crippen LogP contribution in [0.4, 0.5) is 5.69 Å². The molecule has 3 heteroatoms. The highest BCUT2D eigenvalue weighted by molar-refractivity contribution is 5.60. The minimum atomic E-state index is 0.0953. The van der Waals surface area contributed by atoms with Crippen LogP contribution in [0, 0.1) is 0 Å². The molecular formula is C21H26N2O. The van der Waals surface area contributed by atoms with Crippen molar-refractivity contribution in [3.05, 3.63) is 59.7 Å². The molecule has 1 saturated heterocycles. The second-order valence-electron chi connectivity index (χ2n) is 6.88. The molecule has 3 nitrogen and oxygen atoms in total. The van der Waals surface area contributed by atoms with Crippen molar-refractivity contribution in [1.29, 1.82) is 0 Å². The Morgan fingerprint density at radius 3 is 2.67 bits per heavy atom. The van der Waals surface area contributed by atoms with E-state index in [9.17, 15) is 0 Å². The maximum absolute atomic E-state index is 6.19. The van der Waals surface area contributed by atoms with Gasteiger partial charge in [-0.25, -0.2) is 0 Å². The fourth-order valence-electron chi connectivity index (χ4n) is 3.69. The first-order valence-corrected chi connectivity index (χ1v) is 9.19. The third kappa shape index (κ3) is 3.57. The van der Waals surface area contributed by atoms with Gasteiger partial charge in [-0.05, 0) is 55.6 Å². The number of ether oxygens (including phenoxy) is 1. The van der Waals surface area contributed by atoms with E-state index in [1.165, 1.54) is 50.0 Å². The predicted molar refractivity (Wildman–Crippen MR) is 98.7 cm³/mol. The summed E-state index contributed by atoms with van der Waals surface area (Å²) >= 11 is 0. The van der Waals surface area contributed by atoms with Gasteiger partial charge < -0.3 is 15.0 Å². The molecule has 2 aliphatic rings. The molecule has 0 aliphatic carbocycles. The van der Waals surface area contributed by atoms with E-state index in [0.29, 0.717) is 0 Å². The first-order chi connectivity index (χ1) is 11.9. The molecule has 126 valence electrons. The predicted octanol–water partition coefficient (Wildman–Crippen LogP) is 4.26. The van der Waals surface area contributed by atoms with E-state index < -0.39 is 0 Å². The van der Waals surface area contributed by atoms with E-state index in [0.717, 1.165) is 24.4 Å². The third-order valence-corrected chi connectivity index (χ3v) is 5.13. The van der Waals surface area contributed by atoms with Gasteiger partial charge >= 0.3 is 0 Å². The fourth-order valence-corrected chi connectivity index (χ4v) is 3.69. The standard InChI is InChI=1S/C21H26N2O/c1-3-7-18(8-4-1)21-16-22-19-15-17(9-10-20(19)24-21)11-14-23-12-5-2-6-13-23/h1,3-4,7-10,15,21-22H,2,5-6,11-14,16H2. The second kappa shape index (κ2) is 7.27. The third-order valence-electron chi connectivity index (χ3n) is 5.13. The summed E-state index contributed by atoms with van der Waals surface area (Å²) in [7, 11) is 0. The van der Waals surface area contributed by atoms with Gasteiger partial charge in [0.1, 0.15) is 11.9 Å². The Hall–Kier alpha value is -2.00. The number of hydrogen-bond donors (Lipinski definition) is 1. The van der Waals surface area contributed by atoms with E-state index in [1.807, 2.05) is 6.07 Å². The van der Waals surface area contributed by atoms with E-state index >= 15 is 0 Å². The van der Waals surface area contributed by atoms with Crippen molar-refractivity contribution in [3.8, 4) is 5.75 Å². The summed E-state index contributed by atoms with van der Waals surface area (Å²) in [6.45, 7) is 4.54. The van der Waals surface area contributed by atoms with E-state index in [2.05, 4.69) is 52.7 Å². The summed E-state index contributed by atoms with van der Waals surface area (Å²) in [6.07, 6.45) is 5.34. The number of likely N-dealkylation sites (tertiary alicyclic amines) is 1. The van der Waals surface area contributed by atoms with E-state index in [-0.39, 0.29) is 6.10 Å². The summed E-state index contributed by atoms with van der Waals surface area (Å²) in [4.78, 5) is 2.60. The molecule has 1 unspecified atom stereocenters. The van der Waals surface area contributed by atoms with Crippen molar-refractivity contribution in [2.45, 2.75) is 31.8 Å². The molecule has 2 aromatic carbocycles. The van der Waals surface area contributed by atoms with Gasteiger partial charge in [-0.15, -0.1) is 0 Å².